The summed E-state index contributed by atoms with van der Waals surface area (Å²) in [6, 6.07) is 0. The highest BCUT2D eigenvalue weighted by molar-refractivity contribution is 5.99. The third-order valence-corrected chi connectivity index (χ3v) is 9.53. The maximum atomic E-state index is 12.2. The molecule has 7 heteroatoms. The minimum Gasteiger partial charge on any atom is -0.411 e. The summed E-state index contributed by atoms with van der Waals surface area (Å²) in [5.74, 6) is 0.0135. The van der Waals surface area contributed by atoms with Crippen LogP contribution in [0.4, 0.5) is 0 Å². The molecule has 8 atom stereocenters. The molecule has 184 valence electrons. The Labute approximate surface area is 196 Å². The number of nitrogens with zero attached hydrogens (tertiary/aromatic N) is 2. The molecule has 0 radical (unpaired) electrons. The molecule has 3 fully saturated rings. The van der Waals surface area contributed by atoms with Gasteiger partial charge < -0.3 is 25.4 Å². The predicted molar refractivity (Wildman–Crippen MR) is 127 cm³/mol. The van der Waals surface area contributed by atoms with Crippen LogP contribution in [0.15, 0.2) is 33.6 Å². The van der Waals surface area contributed by atoms with E-state index in [1.807, 2.05) is 32.9 Å². The maximum absolute atomic E-state index is 12.2. The van der Waals surface area contributed by atoms with Crippen molar-refractivity contribution in [1.29, 1.82) is 0 Å². The number of hydrogen-bond donors (Lipinski definition) is 4. The van der Waals surface area contributed by atoms with Crippen LogP contribution < -0.4 is 0 Å². The largest absolute Gasteiger partial charge is 0.411 e. The zero-order valence-electron chi connectivity index (χ0n) is 20.6. The van der Waals surface area contributed by atoms with E-state index in [4.69, 9.17) is 4.84 Å². The van der Waals surface area contributed by atoms with E-state index >= 15 is 0 Å². The fourth-order valence-electron chi connectivity index (χ4n) is 7.57. The summed E-state index contributed by atoms with van der Waals surface area (Å²) in [4.78, 5) is 5.54. The topological polar surface area (TPSA) is 115 Å². The van der Waals surface area contributed by atoms with Gasteiger partial charge in [-0.2, -0.15) is 0 Å². The summed E-state index contributed by atoms with van der Waals surface area (Å²) in [6.07, 6.45) is 6.17. The van der Waals surface area contributed by atoms with Gasteiger partial charge in [-0.25, -0.2) is 0 Å². The summed E-state index contributed by atoms with van der Waals surface area (Å²) >= 11 is 0. The Bertz CT molecular complexity index is 906. The Morgan fingerprint density at radius 2 is 1.85 bits per heavy atom. The lowest BCUT2D eigenvalue weighted by Crippen LogP contribution is -2.61. The molecular formula is C26H40N2O5. The smallest absolute Gasteiger partial charge is 0.135 e. The average Bonchev–Trinajstić information content (AvgIpc) is 3.03. The highest BCUT2D eigenvalue weighted by atomic mass is 16.6. The number of oxime groups is 2. The lowest BCUT2D eigenvalue weighted by molar-refractivity contribution is -0.116. The minimum absolute atomic E-state index is 0.0677. The van der Waals surface area contributed by atoms with Gasteiger partial charge in [-0.3, -0.25) is 0 Å². The second kappa shape index (κ2) is 8.51. The van der Waals surface area contributed by atoms with Gasteiger partial charge in [-0.1, -0.05) is 29.7 Å². The Morgan fingerprint density at radius 1 is 1.12 bits per heavy atom. The van der Waals surface area contributed by atoms with Crippen molar-refractivity contribution in [1.82, 2.24) is 0 Å². The lowest BCUT2D eigenvalue weighted by atomic mass is 9.46. The quantitative estimate of drug-likeness (QED) is 0.167. The van der Waals surface area contributed by atoms with Crippen molar-refractivity contribution in [2.24, 2.45) is 38.9 Å². The van der Waals surface area contributed by atoms with Crippen LogP contribution in [-0.2, 0) is 4.84 Å². The molecule has 0 bridgehead atoms. The molecular weight excluding hydrogens is 420 g/mol. The Kier molecular flexibility index (Phi) is 6.30. The van der Waals surface area contributed by atoms with Crippen LogP contribution in [0.25, 0.3) is 0 Å². The van der Waals surface area contributed by atoms with E-state index < -0.39 is 23.2 Å². The van der Waals surface area contributed by atoms with Crippen molar-refractivity contribution in [3.05, 3.63) is 23.3 Å². The van der Waals surface area contributed by atoms with Gasteiger partial charge in [0.2, 0.25) is 0 Å². The highest BCUT2D eigenvalue weighted by Gasteiger charge is 2.66. The molecule has 0 aromatic heterocycles. The average molecular weight is 461 g/mol. The summed E-state index contributed by atoms with van der Waals surface area (Å²) in [6.45, 7) is 10.7. The Balaban J connectivity index is 1.68. The number of aliphatic hydroxyl groups is 3. The standard InChI is InChI=1S/C26H40N2O5/c1-15(2)8-11-33-28-16(3)17-7-10-26(31)19-12-21(27-32)20-13-22(29)23(30)14-24(20,4)18(19)6-9-25(17,26)5/h8,12,17-18,20,22-23,29-32H,6-7,9-11,13-14H2,1-5H3/b27-21+,28-16-/t17?,18?,20?,22?,23?,24?,25?,26-/m1/s1. The predicted octanol–water partition coefficient (Wildman–Crippen LogP) is 3.81. The summed E-state index contributed by atoms with van der Waals surface area (Å²) in [5, 5.41) is 50.9. The summed E-state index contributed by atoms with van der Waals surface area (Å²) in [7, 11) is 0. The second-order valence-electron chi connectivity index (χ2n) is 11.5. The highest BCUT2D eigenvalue weighted by Crippen LogP contribution is 2.67. The molecule has 4 aliphatic carbocycles. The van der Waals surface area contributed by atoms with Gasteiger partial charge >= 0.3 is 0 Å². The third kappa shape index (κ3) is 3.67. The maximum Gasteiger partial charge on any atom is 0.135 e. The van der Waals surface area contributed by atoms with Crippen molar-refractivity contribution in [2.45, 2.75) is 91.0 Å². The first-order chi connectivity index (χ1) is 15.5. The molecule has 0 aromatic carbocycles. The van der Waals surface area contributed by atoms with Gasteiger partial charge in [-0.05, 0) is 88.4 Å². The molecule has 0 aliphatic heterocycles. The third-order valence-electron chi connectivity index (χ3n) is 9.53. The monoisotopic (exact) mass is 460 g/mol. The zero-order chi connectivity index (χ0) is 24.2. The van der Waals surface area contributed by atoms with Crippen LogP contribution in [-0.4, -0.2) is 56.4 Å². The molecule has 4 N–H and O–H groups in total. The number of allylic oxidation sites excluding steroid dienone is 2. The number of fused-ring (bicyclic) bond motifs is 5. The fourth-order valence-corrected chi connectivity index (χ4v) is 7.57. The molecule has 4 aliphatic rings. The second-order valence-corrected chi connectivity index (χ2v) is 11.5. The van der Waals surface area contributed by atoms with Gasteiger partial charge in [0.15, 0.2) is 0 Å². The van der Waals surface area contributed by atoms with E-state index in [1.54, 1.807) is 0 Å². The number of hydrogen-bond acceptors (Lipinski definition) is 7. The normalized spacial score (nSPS) is 46.2. The Hall–Kier alpha value is -1.70. The molecule has 7 unspecified atom stereocenters. The Morgan fingerprint density at radius 3 is 2.52 bits per heavy atom. The molecule has 0 heterocycles. The first kappa shape index (κ1) is 24.4. The lowest BCUT2D eigenvalue weighted by Gasteiger charge is -2.60. The molecule has 0 spiro atoms. The van der Waals surface area contributed by atoms with E-state index in [2.05, 4.69) is 24.2 Å². The van der Waals surface area contributed by atoms with Crippen LogP contribution in [0.2, 0.25) is 0 Å². The molecule has 33 heavy (non-hydrogen) atoms. The van der Waals surface area contributed by atoms with Gasteiger partial charge in [0.25, 0.3) is 0 Å². The van der Waals surface area contributed by atoms with Crippen molar-refractivity contribution in [3.8, 4) is 0 Å². The molecule has 4 rings (SSSR count). The van der Waals surface area contributed by atoms with E-state index in [0.717, 1.165) is 30.5 Å². The van der Waals surface area contributed by atoms with Gasteiger partial charge in [0.05, 0.1) is 29.2 Å². The van der Waals surface area contributed by atoms with Crippen molar-refractivity contribution in [2.75, 3.05) is 6.61 Å². The van der Waals surface area contributed by atoms with Crippen LogP contribution in [0.1, 0.15) is 73.1 Å². The van der Waals surface area contributed by atoms with Crippen molar-refractivity contribution < 1.29 is 25.4 Å². The summed E-state index contributed by atoms with van der Waals surface area (Å²) in [5.41, 5.74) is 1.69. The van der Waals surface area contributed by atoms with Gasteiger partial charge in [-0.15, -0.1) is 0 Å². The summed E-state index contributed by atoms with van der Waals surface area (Å²) < 4.78 is 0. The molecule has 0 aromatic rings. The number of aliphatic hydroxyl groups excluding tert-OH is 2. The van der Waals surface area contributed by atoms with Gasteiger partial charge in [0.1, 0.15) is 6.61 Å². The van der Waals surface area contributed by atoms with Crippen LogP contribution in [0.5, 0.6) is 0 Å². The fraction of sp³-hybridized carbons (Fsp3) is 0.769. The van der Waals surface area contributed by atoms with Crippen LogP contribution in [0.3, 0.4) is 0 Å². The van der Waals surface area contributed by atoms with Crippen molar-refractivity contribution >= 4 is 11.4 Å². The molecule has 0 saturated heterocycles. The first-order valence-electron chi connectivity index (χ1n) is 12.3. The zero-order valence-corrected chi connectivity index (χ0v) is 20.6. The van der Waals surface area contributed by atoms with Gasteiger partial charge in [0, 0.05) is 17.3 Å². The van der Waals surface area contributed by atoms with Crippen molar-refractivity contribution in [3.63, 3.8) is 0 Å². The molecule has 0 amide bonds. The van der Waals surface area contributed by atoms with Crippen LogP contribution in [0, 0.1) is 28.6 Å². The first-order valence-corrected chi connectivity index (χ1v) is 12.3. The van der Waals surface area contributed by atoms with Crippen LogP contribution >= 0.6 is 0 Å². The number of rotatable bonds is 4. The van der Waals surface area contributed by atoms with E-state index in [-0.39, 0.29) is 23.2 Å². The molecule has 3 saturated carbocycles. The van der Waals surface area contributed by atoms with E-state index in [0.29, 0.717) is 31.6 Å². The minimum atomic E-state index is -1.04. The van der Waals surface area contributed by atoms with E-state index in [1.165, 1.54) is 5.57 Å². The van der Waals surface area contributed by atoms with E-state index in [9.17, 15) is 20.5 Å². The molecule has 7 nitrogen and oxygen atoms in total. The SMILES string of the molecule is CC(C)=CCO/N=C(/C)C1CC[C@@]2(O)C3=C/C(=N\O)C4CC(O)C(O)CC4(C)C3CCC12C.